The van der Waals surface area contributed by atoms with E-state index in [2.05, 4.69) is 0 Å². The molecule has 0 saturated carbocycles. The first-order valence-corrected chi connectivity index (χ1v) is 10.6. The van der Waals surface area contributed by atoms with Crippen molar-refractivity contribution in [2.75, 3.05) is 14.1 Å². The highest BCUT2D eigenvalue weighted by Crippen LogP contribution is 2.56. The lowest BCUT2D eigenvalue weighted by atomic mass is 9.56. The lowest BCUT2D eigenvalue weighted by Gasteiger charge is -2.51. The minimum atomic E-state index is -2.72. The van der Waals surface area contributed by atoms with E-state index < -0.39 is 75.5 Å². The van der Waals surface area contributed by atoms with E-state index in [-0.39, 0.29) is 23.1 Å². The van der Waals surface area contributed by atoms with Crippen molar-refractivity contribution in [1.29, 1.82) is 0 Å². The fraction of sp³-hybridized carbons (Fsp3) is 0.435. The summed E-state index contributed by atoms with van der Waals surface area (Å²) >= 11 is 0. The van der Waals surface area contributed by atoms with Crippen molar-refractivity contribution in [3.05, 3.63) is 51.7 Å². The molecule has 1 aromatic rings. The predicted molar refractivity (Wildman–Crippen MR) is 113 cm³/mol. The average Bonchev–Trinajstić information content (AvgIpc) is 2.72. The SMILES string of the molecule is CC[C@H]1c2c(F)ccc(O)c2C(=O)C2=C(O)[C@]3(O)C(=O)C(C(N)=O)=C(O)[C@@H](N(C)C)[C@@H]3C[C@@H]21. The quantitative estimate of drug-likeness (QED) is 0.421. The highest BCUT2D eigenvalue weighted by atomic mass is 19.1. The van der Waals surface area contributed by atoms with Crippen LogP contribution < -0.4 is 5.73 Å². The van der Waals surface area contributed by atoms with Gasteiger partial charge in [-0.3, -0.25) is 19.3 Å². The first-order chi connectivity index (χ1) is 15.4. The number of phenolic OH excluding ortho intramolecular Hbond substituents is 1. The summed E-state index contributed by atoms with van der Waals surface area (Å²) in [5, 5.41) is 43.8. The molecule has 5 atom stereocenters. The van der Waals surface area contributed by atoms with Gasteiger partial charge in [-0.05, 0) is 50.9 Å². The number of ketones is 2. The normalized spacial score (nSPS) is 31.5. The first-order valence-electron chi connectivity index (χ1n) is 10.6. The van der Waals surface area contributed by atoms with Gasteiger partial charge in [-0.15, -0.1) is 0 Å². The van der Waals surface area contributed by atoms with E-state index in [9.17, 15) is 39.2 Å². The van der Waals surface area contributed by atoms with Crippen LogP contribution >= 0.6 is 0 Å². The number of fused-ring (bicyclic) bond motifs is 3. The Morgan fingerprint density at radius 2 is 1.88 bits per heavy atom. The Morgan fingerprint density at radius 3 is 2.42 bits per heavy atom. The fourth-order valence-corrected chi connectivity index (χ4v) is 5.89. The van der Waals surface area contributed by atoms with Gasteiger partial charge in [0.05, 0.1) is 11.6 Å². The number of aromatic hydroxyl groups is 1. The second-order valence-electron chi connectivity index (χ2n) is 9.04. The van der Waals surface area contributed by atoms with Crippen LogP contribution in [-0.4, -0.2) is 68.5 Å². The molecule has 1 aromatic carbocycles. The number of likely N-dealkylation sites (N-methyl/N-ethyl adjacent to an activating group) is 1. The fourth-order valence-electron chi connectivity index (χ4n) is 5.89. The van der Waals surface area contributed by atoms with Gasteiger partial charge in [0.25, 0.3) is 5.91 Å². The lowest BCUT2D eigenvalue weighted by molar-refractivity contribution is -0.148. The van der Waals surface area contributed by atoms with Crippen molar-refractivity contribution in [2.45, 2.75) is 37.3 Å². The number of aliphatic hydroxyl groups excluding tert-OH is 2. The lowest BCUT2D eigenvalue weighted by Crippen LogP contribution is -2.64. The highest BCUT2D eigenvalue weighted by molar-refractivity contribution is 6.24. The number of primary amides is 1. The Morgan fingerprint density at radius 1 is 1.24 bits per heavy atom. The number of carbonyl (C=O) groups is 3. The minimum absolute atomic E-state index is 0.00983. The molecule has 0 saturated heterocycles. The molecule has 10 heteroatoms. The summed E-state index contributed by atoms with van der Waals surface area (Å²) in [6.45, 7) is 1.75. The number of halogens is 1. The number of rotatable bonds is 3. The Hall–Kier alpha value is -3.24. The van der Waals surface area contributed by atoms with E-state index in [0.717, 1.165) is 12.1 Å². The van der Waals surface area contributed by atoms with Crippen LogP contribution in [0.3, 0.4) is 0 Å². The van der Waals surface area contributed by atoms with Crippen LogP contribution in [0.4, 0.5) is 4.39 Å². The summed E-state index contributed by atoms with van der Waals surface area (Å²) in [7, 11) is 3.09. The second kappa shape index (κ2) is 7.39. The maximum Gasteiger partial charge on any atom is 0.255 e. The third kappa shape index (κ3) is 2.80. The van der Waals surface area contributed by atoms with Crippen LogP contribution in [0, 0.1) is 17.7 Å². The number of nitrogens with two attached hydrogens (primary N) is 1. The zero-order valence-corrected chi connectivity index (χ0v) is 18.3. The van der Waals surface area contributed by atoms with Crippen molar-refractivity contribution in [3.8, 4) is 5.75 Å². The highest BCUT2D eigenvalue weighted by Gasteiger charge is 2.64. The number of aliphatic hydroxyl groups is 3. The number of benzene rings is 1. The predicted octanol–water partition coefficient (Wildman–Crippen LogP) is 1.21. The van der Waals surface area contributed by atoms with Gasteiger partial charge >= 0.3 is 0 Å². The van der Waals surface area contributed by atoms with Gasteiger partial charge in [-0.2, -0.15) is 0 Å². The first kappa shape index (κ1) is 22.9. The number of Topliss-reactive ketones (excluding diaryl/α,β-unsaturated/α-hetero) is 2. The monoisotopic (exact) mass is 460 g/mol. The number of phenols is 1. The molecule has 4 rings (SSSR count). The molecule has 1 amide bonds. The van der Waals surface area contributed by atoms with E-state index >= 15 is 0 Å². The average molecular weight is 460 g/mol. The van der Waals surface area contributed by atoms with Crippen molar-refractivity contribution >= 4 is 17.5 Å². The van der Waals surface area contributed by atoms with E-state index in [1.54, 1.807) is 21.0 Å². The van der Waals surface area contributed by atoms with E-state index in [1.807, 2.05) is 0 Å². The van der Waals surface area contributed by atoms with Crippen LogP contribution in [0.1, 0.15) is 41.6 Å². The molecule has 33 heavy (non-hydrogen) atoms. The van der Waals surface area contributed by atoms with Gasteiger partial charge in [0.15, 0.2) is 11.4 Å². The van der Waals surface area contributed by atoms with Gasteiger partial charge in [-0.25, -0.2) is 4.39 Å². The van der Waals surface area contributed by atoms with Crippen LogP contribution in [0.25, 0.3) is 0 Å². The summed E-state index contributed by atoms with van der Waals surface area (Å²) in [4.78, 5) is 40.0. The largest absolute Gasteiger partial charge is 0.510 e. The molecule has 0 radical (unpaired) electrons. The number of hydrogen-bond donors (Lipinski definition) is 5. The van der Waals surface area contributed by atoms with Crippen LogP contribution in [-0.2, 0) is 9.59 Å². The molecular formula is C23H25FN2O7. The topological polar surface area (TPSA) is 161 Å². The van der Waals surface area contributed by atoms with Crippen molar-refractivity contribution < 1.29 is 39.2 Å². The third-order valence-electron chi connectivity index (χ3n) is 7.26. The van der Waals surface area contributed by atoms with E-state index in [4.69, 9.17) is 5.73 Å². The molecule has 6 N–H and O–H groups in total. The molecule has 0 heterocycles. The third-order valence-corrected chi connectivity index (χ3v) is 7.26. The summed E-state index contributed by atoms with van der Waals surface area (Å²) in [5.41, 5.74) is 1.08. The number of amides is 1. The van der Waals surface area contributed by atoms with Crippen molar-refractivity contribution in [3.63, 3.8) is 0 Å². The van der Waals surface area contributed by atoms with Crippen LogP contribution in [0.15, 0.2) is 34.8 Å². The summed E-state index contributed by atoms with van der Waals surface area (Å²) in [6.07, 6.45) is 0.238. The van der Waals surface area contributed by atoms with Gasteiger partial charge in [-0.1, -0.05) is 6.92 Å². The Balaban J connectivity index is 2.04. The van der Waals surface area contributed by atoms with Crippen molar-refractivity contribution in [1.82, 2.24) is 4.90 Å². The van der Waals surface area contributed by atoms with E-state index in [0.29, 0.717) is 6.42 Å². The molecule has 9 nitrogen and oxygen atoms in total. The van der Waals surface area contributed by atoms with Gasteiger partial charge < -0.3 is 26.2 Å². The number of allylic oxidation sites excluding steroid dienone is 1. The standard InChI is InChI=1S/C23H25FN2O7/c1-4-8-9-7-10-17(26(2)3)19(29)16(22(25)32)21(31)23(10,33)20(30)14(9)18(28)15-12(27)6-5-11(24)13(8)15/h5-6,8-10,17,27,29-30,33H,4,7H2,1-3H3,(H2,25,32)/t8-,9-,10+,17+,23+/m1/s1. The molecule has 3 aliphatic carbocycles. The zero-order chi connectivity index (χ0) is 24.6. The summed E-state index contributed by atoms with van der Waals surface area (Å²) in [6, 6.07) is 0.983. The summed E-state index contributed by atoms with van der Waals surface area (Å²) in [5.74, 6) is -8.92. The molecule has 0 unspecified atom stereocenters. The minimum Gasteiger partial charge on any atom is -0.510 e. The van der Waals surface area contributed by atoms with Crippen LogP contribution in [0.5, 0.6) is 5.75 Å². The molecule has 0 bridgehead atoms. The molecular weight excluding hydrogens is 435 g/mol. The molecule has 176 valence electrons. The Bertz CT molecular complexity index is 1170. The maximum atomic E-state index is 14.8. The molecule has 0 aromatic heterocycles. The summed E-state index contributed by atoms with van der Waals surface area (Å²) < 4.78 is 14.8. The Labute approximate surface area is 188 Å². The van der Waals surface area contributed by atoms with E-state index in [1.165, 1.54) is 4.90 Å². The van der Waals surface area contributed by atoms with Gasteiger partial charge in [0.2, 0.25) is 5.78 Å². The number of hydrogen-bond acceptors (Lipinski definition) is 8. The maximum absolute atomic E-state index is 14.8. The van der Waals surface area contributed by atoms with Gasteiger partial charge in [0, 0.05) is 17.1 Å². The van der Waals surface area contributed by atoms with Crippen molar-refractivity contribution in [2.24, 2.45) is 17.6 Å². The van der Waals surface area contributed by atoms with Crippen LogP contribution in [0.2, 0.25) is 0 Å². The number of nitrogens with zero attached hydrogens (tertiary/aromatic N) is 1. The molecule has 0 spiro atoms. The van der Waals surface area contributed by atoms with Gasteiger partial charge in [0.1, 0.15) is 28.7 Å². The second-order valence-corrected chi connectivity index (χ2v) is 9.04. The zero-order valence-electron chi connectivity index (χ0n) is 18.3. The smallest absolute Gasteiger partial charge is 0.255 e. The molecule has 3 aliphatic rings. The number of carbonyl (C=O) groups excluding carboxylic acids is 3. The molecule has 0 fully saturated rings. The molecule has 0 aliphatic heterocycles. The Kier molecular flexibility index (Phi) is 5.14.